The van der Waals surface area contributed by atoms with Gasteiger partial charge in [-0.1, -0.05) is 24.3 Å². The number of rotatable bonds is 2. The van der Waals surface area contributed by atoms with Gasteiger partial charge >= 0.3 is 0 Å². The fourth-order valence-corrected chi connectivity index (χ4v) is 2.14. The topological polar surface area (TPSA) is 37.9 Å². The fraction of sp³-hybridized carbons (Fsp3) is 0.133. The molecule has 3 rings (SSSR count). The highest BCUT2D eigenvalue weighted by molar-refractivity contribution is 5.83. The summed E-state index contributed by atoms with van der Waals surface area (Å²) >= 11 is 0. The Bertz CT molecular complexity index is 701. The molecule has 0 bridgehead atoms. The van der Waals surface area contributed by atoms with Crippen molar-refractivity contribution >= 4 is 11.0 Å². The number of ether oxygens (including phenoxy) is 1. The van der Waals surface area contributed by atoms with Crippen LogP contribution in [-0.2, 0) is 0 Å². The molecule has 1 heterocycles. The molecule has 0 spiro atoms. The predicted molar refractivity (Wildman–Crippen MR) is 72.8 cm³/mol. The van der Waals surface area contributed by atoms with Crippen LogP contribution < -0.4 is 4.74 Å². The van der Waals surface area contributed by atoms with Gasteiger partial charge in [0, 0.05) is 0 Å². The van der Waals surface area contributed by atoms with Crippen LogP contribution >= 0.6 is 0 Å². The van der Waals surface area contributed by atoms with E-state index in [4.69, 9.17) is 4.74 Å². The standard InChI is InChI=1S/C15H14N2O/c1-10-6-5-8-12-14(10)17-15(16-12)11-7-3-4-9-13(11)18-2/h3-9H,1-2H3,(H,16,17). The van der Waals surface area contributed by atoms with Crippen LogP contribution in [0, 0.1) is 6.92 Å². The quantitative estimate of drug-likeness (QED) is 0.741. The summed E-state index contributed by atoms with van der Waals surface area (Å²) in [5, 5.41) is 0. The van der Waals surface area contributed by atoms with E-state index in [-0.39, 0.29) is 0 Å². The molecule has 18 heavy (non-hydrogen) atoms. The second-order valence-electron chi connectivity index (χ2n) is 4.26. The Labute approximate surface area is 105 Å². The number of aromatic nitrogens is 2. The van der Waals surface area contributed by atoms with Crippen LogP contribution in [0.15, 0.2) is 42.5 Å². The molecule has 0 aliphatic heterocycles. The van der Waals surface area contributed by atoms with Gasteiger partial charge in [0.15, 0.2) is 0 Å². The number of nitrogens with one attached hydrogen (secondary N) is 1. The molecule has 1 aromatic heterocycles. The number of aryl methyl sites for hydroxylation is 1. The molecular weight excluding hydrogens is 224 g/mol. The Hall–Kier alpha value is -2.29. The summed E-state index contributed by atoms with van der Waals surface area (Å²) in [6.45, 7) is 2.06. The number of hydrogen-bond donors (Lipinski definition) is 1. The molecule has 1 N–H and O–H groups in total. The molecule has 2 aromatic carbocycles. The number of benzene rings is 2. The summed E-state index contributed by atoms with van der Waals surface area (Å²) < 4.78 is 5.37. The van der Waals surface area contributed by atoms with Crippen molar-refractivity contribution in [1.29, 1.82) is 0 Å². The van der Waals surface area contributed by atoms with Gasteiger partial charge in [-0.15, -0.1) is 0 Å². The van der Waals surface area contributed by atoms with Gasteiger partial charge in [0.25, 0.3) is 0 Å². The molecule has 0 amide bonds. The zero-order chi connectivity index (χ0) is 12.5. The predicted octanol–water partition coefficient (Wildman–Crippen LogP) is 3.55. The van der Waals surface area contributed by atoms with E-state index in [0.717, 1.165) is 28.2 Å². The third-order valence-corrected chi connectivity index (χ3v) is 3.08. The number of fused-ring (bicyclic) bond motifs is 1. The number of H-pyrrole nitrogens is 1. The molecule has 0 saturated heterocycles. The number of imidazole rings is 1. The van der Waals surface area contributed by atoms with E-state index in [2.05, 4.69) is 23.0 Å². The minimum atomic E-state index is 0.828. The Morgan fingerprint density at radius 2 is 1.89 bits per heavy atom. The summed E-state index contributed by atoms with van der Waals surface area (Å²) in [6, 6.07) is 14.0. The maximum atomic E-state index is 5.37. The molecule has 0 fully saturated rings. The third kappa shape index (κ3) is 1.64. The molecule has 0 aliphatic carbocycles. The Morgan fingerprint density at radius 1 is 1.06 bits per heavy atom. The molecule has 3 aromatic rings. The Kier molecular flexibility index (Phi) is 2.52. The van der Waals surface area contributed by atoms with Crippen LogP contribution in [0.4, 0.5) is 0 Å². The van der Waals surface area contributed by atoms with Gasteiger partial charge in [-0.2, -0.15) is 0 Å². The lowest BCUT2D eigenvalue weighted by atomic mass is 10.2. The fourth-order valence-electron chi connectivity index (χ4n) is 2.14. The van der Waals surface area contributed by atoms with Crippen molar-refractivity contribution < 1.29 is 4.74 Å². The number of hydrogen-bond acceptors (Lipinski definition) is 2. The Morgan fingerprint density at radius 3 is 2.67 bits per heavy atom. The van der Waals surface area contributed by atoms with Gasteiger partial charge in [0.2, 0.25) is 0 Å². The summed E-state index contributed by atoms with van der Waals surface area (Å²) in [7, 11) is 1.67. The molecule has 90 valence electrons. The second-order valence-corrected chi connectivity index (χ2v) is 4.26. The minimum absolute atomic E-state index is 0.828. The number of aromatic amines is 1. The lowest BCUT2D eigenvalue weighted by molar-refractivity contribution is 0.416. The van der Waals surface area contributed by atoms with Crippen molar-refractivity contribution in [3.63, 3.8) is 0 Å². The van der Waals surface area contributed by atoms with Crippen molar-refractivity contribution in [1.82, 2.24) is 9.97 Å². The van der Waals surface area contributed by atoms with Gasteiger partial charge in [0.05, 0.1) is 23.7 Å². The van der Waals surface area contributed by atoms with Crippen molar-refractivity contribution in [3.8, 4) is 17.1 Å². The number of para-hydroxylation sites is 2. The molecule has 0 atom stereocenters. The van der Waals surface area contributed by atoms with Gasteiger partial charge in [0.1, 0.15) is 11.6 Å². The molecule has 0 unspecified atom stereocenters. The maximum absolute atomic E-state index is 5.37. The van der Waals surface area contributed by atoms with Gasteiger partial charge < -0.3 is 9.72 Å². The van der Waals surface area contributed by atoms with Crippen LogP contribution in [0.5, 0.6) is 5.75 Å². The first-order valence-electron chi connectivity index (χ1n) is 5.88. The monoisotopic (exact) mass is 238 g/mol. The highest BCUT2D eigenvalue weighted by Crippen LogP contribution is 2.29. The van der Waals surface area contributed by atoms with Crippen molar-refractivity contribution in [2.45, 2.75) is 6.92 Å². The van der Waals surface area contributed by atoms with Gasteiger partial charge in [-0.05, 0) is 30.7 Å². The zero-order valence-electron chi connectivity index (χ0n) is 10.4. The SMILES string of the molecule is COc1ccccc1-c1nc2c(C)cccc2[nH]1. The lowest BCUT2D eigenvalue weighted by Gasteiger charge is -2.04. The molecule has 0 aliphatic rings. The molecule has 0 radical (unpaired) electrons. The Balaban J connectivity index is 2.23. The van der Waals surface area contributed by atoms with E-state index in [1.165, 1.54) is 5.56 Å². The summed E-state index contributed by atoms with van der Waals surface area (Å²) in [6.07, 6.45) is 0. The molecular formula is C15H14N2O. The van der Waals surface area contributed by atoms with Crippen molar-refractivity contribution in [2.24, 2.45) is 0 Å². The average Bonchev–Trinajstić information content (AvgIpc) is 2.84. The van der Waals surface area contributed by atoms with Gasteiger partial charge in [-0.3, -0.25) is 0 Å². The van der Waals surface area contributed by atoms with E-state index in [0.29, 0.717) is 0 Å². The third-order valence-electron chi connectivity index (χ3n) is 3.08. The van der Waals surface area contributed by atoms with E-state index < -0.39 is 0 Å². The second kappa shape index (κ2) is 4.18. The minimum Gasteiger partial charge on any atom is -0.496 e. The summed E-state index contributed by atoms with van der Waals surface area (Å²) in [5.41, 5.74) is 4.22. The summed E-state index contributed by atoms with van der Waals surface area (Å²) in [5.74, 6) is 1.67. The van der Waals surface area contributed by atoms with Gasteiger partial charge in [-0.25, -0.2) is 4.98 Å². The average molecular weight is 238 g/mol. The smallest absolute Gasteiger partial charge is 0.142 e. The van der Waals surface area contributed by atoms with Crippen molar-refractivity contribution in [3.05, 3.63) is 48.0 Å². The first-order chi connectivity index (χ1) is 8.79. The van der Waals surface area contributed by atoms with E-state index in [1.54, 1.807) is 7.11 Å². The van der Waals surface area contributed by atoms with Crippen LogP contribution in [-0.4, -0.2) is 17.1 Å². The first kappa shape index (κ1) is 10.8. The van der Waals surface area contributed by atoms with Crippen LogP contribution in [0.1, 0.15) is 5.56 Å². The van der Waals surface area contributed by atoms with Crippen LogP contribution in [0.25, 0.3) is 22.4 Å². The van der Waals surface area contributed by atoms with E-state index in [9.17, 15) is 0 Å². The number of methoxy groups -OCH3 is 1. The largest absolute Gasteiger partial charge is 0.496 e. The highest BCUT2D eigenvalue weighted by atomic mass is 16.5. The summed E-state index contributed by atoms with van der Waals surface area (Å²) in [4.78, 5) is 7.99. The molecule has 0 saturated carbocycles. The lowest BCUT2D eigenvalue weighted by Crippen LogP contribution is -1.88. The zero-order valence-corrected chi connectivity index (χ0v) is 10.4. The normalized spacial score (nSPS) is 10.8. The molecule has 3 nitrogen and oxygen atoms in total. The molecule has 3 heteroatoms. The highest BCUT2D eigenvalue weighted by Gasteiger charge is 2.10. The number of nitrogens with zero attached hydrogens (tertiary/aromatic N) is 1. The van der Waals surface area contributed by atoms with Crippen molar-refractivity contribution in [2.75, 3.05) is 7.11 Å². The van der Waals surface area contributed by atoms with Crippen LogP contribution in [0.2, 0.25) is 0 Å². The van der Waals surface area contributed by atoms with E-state index in [1.807, 2.05) is 36.4 Å². The van der Waals surface area contributed by atoms with E-state index >= 15 is 0 Å². The first-order valence-corrected chi connectivity index (χ1v) is 5.88. The van der Waals surface area contributed by atoms with Crippen LogP contribution in [0.3, 0.4) is 0 Å². The maximum Gasteiger partial charge on any atom is 0.142 e.